The topological polar surface area (TPSA) is 92.9 Å². The molecule has 2 aliphatic rings. The predicted octanol–water partition coefficient (Wildman–Crippen LogP) is 0.452. The van der Waals surface area contributed by atoms with Gasteiger partial charge in [-0.25, -0.2) is 0 Å². The Morgan fingerprint density at radius 3 is 2.55 bits per heavy atom. The van der Waals surface area contributed by atoms with Crippen LogP contribution in [0.2, 0.25) is 0 Å². The molecule has 114 valence electrons. The molecule has 0 aromatic rings. The van der Waals surface area contributed by atoms with Crippen LogP contribution in [0, 0.1) is 11.3 Å². The maximum Gasteiger partial charge on any atom is 0.308 e. The van der Waals surface area contributed by atoms with Gasteiger partial charge in [0.2, 0.25) is 5.91 Å². The van der Waals surface area contributed by atoms with Gasteiger partial charge in [0, 0.05) is 31.5 Å². The van der Waals surface area contributed by atoms with Crippen molar-refractivity contribution in [3.05, 3.63) is 0 Å². The molecule has 2 rings (SSSR count). The number of nitrogens with zero attached hydrogens (tertiary/aromatic N) is 1. The summed E-state index contributed by atoms with van der Waals surface area (Å²) in [6.07, 6.45) is 0.993. The van der Waals surface area contributed by atoms with Crippen LogP contribution in [-0.4, -0.2) is 53.2 Å². The van der Waals surface area contributed by atoms with E-state index in [1.165, 1.54) is 0 Å². The first-order valence-corrected chi connectivity index (χ1v) is 7.16. The summed E-state index contributed by atoms with van der Waals surface area (Å²) >= 11 is 0. The third-order valence-electron chi connectivity index (χ3n) is 5.04. The van der Waals surface area contributed by atoms with Gasteiger partial charge in [0.05, 0.1) is 12.0 Å². The van der Waals surface area contributed by atoms with E-state index in [2.05, 4.69) is 0 Å². The summed E-state index contributed by atoms with van der Waals surface area (Å²) < 4.78 is 5.62. The fourth-order valence-electron chi connectivity index (χ4n) is 3.23. The summed E-state index contributed by atoms with van der Waals surface area (Å²) in [6.45, 7) is 7.15. The zero-order chi connectivity index (χ0) is 15.1. The standard InChI is InChI=1S/C14H24N2O4/c1-4-20-10-7-14(15,13(10,2)3)12(19)16-6-5-9(8-16)11(17)18/h9-10H,4-8,15H2,1-3H3,(H,17,18). The summed E-state index contributed by atoms with van der Waals surface area (Å²) in [4.78, 5) is 25.2. The Kier molecular flexibility index (Phi) is 3.81. The molecule has 0 aromatic carbocycles. The molecule has 1 saturated carbocycles. The van der Waals surface area contributed by atoms with Gasteiger partial charge in [-0.15, -0.1) is 0 Å². The molecular weight excluding hydrogens is 260 g/mol. The minimum atomic E-state index is -0.944. The maximum atomic E-state index is 12.6. The normalized spacial score (nSPS) is 35.7. The SMILES string of the molecule is CCOC1CC(N)(C(=O)N2CCC(C(=O)O)C2)C1(C)C. The lowest BCUT2D eigenvalue weighted by Gasteiger charge is -2.58. The van der Waals surface area contributed by atoms with Crippen molar-refractivity contribution < 1.29 is 19.4 Å². The summed E-state index contributed by atoms with van der Waals surface area (Å²) in [5, 5.41) is 9.01. The van der Waals surface area contributed by atoms with Crippen molar-refractivity contribution in [3.8, 4) is 0 Å². The maximum absolute atomic E-state index is 12.6. The lowest BCUT2D eigenvalue weighted by Crippen LogP contribution is -2.75. The van der Waals surface area contributed by atoms with Crippen molar-refractivity contribution in [1.82, 2.24) is 4.90 Å². The van der Waals surface area contributed by atoms with Crippen LogP contribution < -0.4 is 5.73 Å². The van der Waals surface area contributed by atoms with Gasteiger partial charge in [0.15, 0.2) is 0 Å². The number of carboxylic acid groups (broad SMARTS) is 1. The Bertz CT molecular complexity index is 423. The summed E-state index contributed by atoms with van der Waals surface area (Å²) in [5.41, 5.74) is 4.95. The number of ether oxygens (including phenoxy) is 1. The molecule has 0 bridgehead atoms. The van der Waals surface area contributed by atoms with E-state index in [9.17, 15) is 9.59 Å². The van der Waals surface area contributed by atoms with Gasteiger partial charge >= 0.3 is 5.97 Å². The van der Waals surface area contributed by atoms with E-state index < -0.39 is 22.8 Å². The first kappa shape index (κ1) is 15.3. The third-order valence-corrected chi connectivity index (χ3v) is 5.04. The zero-order valence-electron chi connectivity index (χ0n) is 12.4. The Hall–Kier alpha value is -1.14. The second-order valence-electron chi connectivity index (χ2n) is 6.42. The van der Waals surface area contributed by atoms with E-state index in [1.54, 1.807) is 4.90 Å². The predicted molar refractivity (Wildman–Crippen MR) is 73.1 cm³/mol. The number of carboxylic acids is 1. The lowest BCUT2D eigenvalue weighted by molar-refractivity contribution is -0.178. The van der Waals surface area contributed by atoms with Crippen molar-refractivity contribution in [3.63, 3.8) is 0 Å². The number of hydrogen-bond acceptors (Lipinski definition) is 4. The van der Waals surface area contributed by atoms with Crippen LogP contribution >= 0.6 is 0 Å². The van der Waals surface area contributed by atoms with Crippen LogP contribution in [0.15, 0.2) is 0 Å². The molecule has 1 saturated heterocycles. The average molecular weight is 284 g/mol. The highest BCUT2D eigenvalue weighted by molar-refractivity contribution is 5.89. The van der Waals surface area contributed by atoms with Crippen molar-refractivity contribution in [2.75, 3.05) is 19.7 Å². The van der Waals surface area contributed by atoms with Gasteiger partial charge in [-0.1, -0.05) is 13.8 Å². The Morgan fingerprint density at radius 1 is 1.45 bits per heavy atom. The highest BCUT2D eigenvalue weighted by Crippen LogP contribution is 2.50. The van der Waals surface area contributed by atoms with Crippen LogP contribution in [-0.2, 0) is 14.3 Å². The number of hydrogen-bond donors (Lipinski definition) is 2. The van der Waals surface area contributed by atoms with E-state index in [0.29, 0.717) is 26.0 Å². The third kappa shape index (κ3) is 2.11. The average Bonchev–Trinajstić information content (AvgIpc) is 2.87. The van der Waals surface area contributed by atoms with E-state index in [1.807, 2.05) is 20.8 Å². The first-order chi connectivity index (χ1) is 9.24. The molecule has 0 aromatic heterocycles. The van der Waals surface area contributed by atoms with E-state index in [0.717, 1.165) is 0 Å². The second kappa shape index (κ2) is 5.00. The van der Waals surface area contributed by atoms with E-state index >= 15 is 0 Å². The van der Waals surface area contributed by atoms with Gasteiger partial charge in [-0.05, 0) is 13.3 Å². The number of amides is 1. The van der Waals surface area contributed by atoms with Crippen molar-refractivity contribution >= 4 is 11.9 Å². The number of carbonyl (C=O) groups is 2. The van der Waals surface area contributed by atoms with Crippen LogP contribution in [0.4, 0.5) is 0 Å². The summed E-state index contributed by atoms with van der Waals surface area (Å²) in [5.74, 6) is -1.44. The Balaban J connectivity index is 2.05. The molecule has 1 heterocycles. The molecule has 6 heteroatoms. The number of rotatable bonds is 4. The van der Waals surface area contributed by atoms with E-state index in [-0.39, 0.29) is 18.6 Å². The first-order valence-electron chi connectivity index (χ1n) is 7.16. The number of nitrogens with two attached hydrogens (primary N) is 1. The Morgan fingerprint density at radius 2 is 2.10 bits per heavy atom. The number of carbonyl (C=O) groups excluding carboxylic acids is 1. The molecule has 6 nitrogen and oxygen atoms in total. The van der Waals surface area contributed by atoms with Crippen LogP contribution in [0.3, 0.4) is 0 Å². The number of likely N-dealkylation sites (tertiary alicyclic amines) is 1. The highest BCUT2D eigenvalue weighted by atomic mass is 16.5. The van der Waals surface area contributed by atoms with Crippen LogP contribution in [0.25, 0.3) is 0 Å². The van der Waals surface area contributed by atoms with Crippen molar-refractivity contribution in [1.29, 1.82) is 0 Å². The molecule has 2 fully saturated rings. The van der Waals surface area contributed by atoms with Crippen LogP contribution in [0.1, 0.15) is 33.6 Å². The van der Waals surface area contributed by atoms with E-state index in [4.69, 9.17) is 15.6 Å². The monoisotopic (exact) mass is 284 g/mol. The fraction of sp³-hybridized carbons (Fsp3) is 0.857. The highest BCUT2D eigenvalue weighted by Gasteiger charge is 2.64. The lowest BCUT2D eigenvalue weighted by atomic mass is 9.54. The fourth-order valence-corrected chi connectivity index (χ4v) is 3.23. The van der Waals surface area contributed by atoms with Gasteiger partial charge < -0.3 is 20.5 Å². The van der Waals surface area contributed by atoms with Crippen molar-refractivity contribution in [2.24, 2.45) is 17.1 Å². The molecule has 1 aliphatic heterocycles. The molecule has 3 unspecified atom stereocenters. The molecule has 0 radical (unpaired) electrons. The van der Waals surface area contributed by atoms with Gasteiger partial charge in [0.25, 0.3) is 0 Å². The molecule has 1 amide bonds. The minimum absolute atomic E-state index is 0.0145. The molecular formula is C14H24N2O4. The molecule has 0 spiro atoms. The van der Waals surface area contributed by atoms with Crippen LogP contribution in [0.5, 0.6) is 0 Å². The summed E-state index contributed by atoms with van der Waals surface area (Å²) in [7, 11) is 0. The smallest absolute Gasteiger partial charge is 0.308 e. The molecule has 1 aliphatic carbocycles. The van der Waals surface area contributed by atoms with Crippen molar-refractivity contribution in [2.45, 2.75) is 45.3 Å². The Labute approximate surface area is 119 Å². The van der Waals surface area contributed by atoms with Gasteiger partial charge in [-0.3, -0.25) is 9.59 Å². The summed E-state index contributed by atoms with van der Waals surface area (Å²) in [6, 6.07) is 0. The quantitative estimate of drug-likeness (QED) is 0.782. The van der Waals surface area contributed by atoms with Gasteiger partial charge in [-0.2, -0.15) is 0 Å². The largest absolute Gasteiger partial charge is 0.481 e. The van der Waals surface area contributed by atoms with Gasteiger partial charge in [0.1, 0.15) is 5.54 Å². The molecule has 3 N–H and O–H groups in total. The molecule has 20 heavy (non-hydrogen) atoms. The number of aliphatic carboxylic acids is 1. The second-order valence-corrected chi connectivity index (χ2v) is 6.42. The molecule has 3 atom stereocenters. The minimum Gasteiger partial charge on any atom is -0.481 e. The zero-order valence-corrected chi connectivity index (χ0v) is 12.4.